The number of Topliss-reactive ketones (excluding diaryl/α,β-unsaturated/α-hetero) is 2. The van der Waals surface area contributed by atoms with E-state index in [1.807, 2.05) is 41.5 Å². The summed E-state index contributed by atoms with van der Waals surface area (Å²) in [6.07, 6.45) is 1.36. The minimum absolute atomic E-state index is 0.00454. The summed E-state index contributed by atoms with van der Waals surface area (Å²) < 4.78 is 24.1. The minimum Gasteiger partial charge on any atom is -0.459 e. The summed E-state index contributed by atoms with van der Waals surface area (Å²) in [5.74, 6) is 0.165. The summed E-state index contributed by atoms with van der Waals surface area (Å²) >= 11 is 0. The molecule has 2 fully saturated rings. The lowest BCUT2D eigenvalue weighted by molar-refractivity contribution is -0.163. The predicted octanol–water partition coefficient (Wildman–Crippen LogP) is 5.91. The van der Waals surface area contributed by atoms with E-state index in [1.54, 1.807) is 6.92 Å². The van der Waals surface area contributed by atoms with Gasteiger partial charge in [-0.3, -0.25) is 29.0 Å². The van der Waals surface area contributed by atoms with Crippen LogP contribution in [0.25, 0.3) is 0 Å². The largest absolute Gasteiger partial charge is 0.459 e. The molecular weight excluding hydrogens is 600 g/mol. The fraction of sp³-hybridized carbons (Fsp3) is 0.892. The van der Waals surface area contributed by atoms with Crippen molar-refractivity contribution in [3.05, 3.63) is 0 Å². The zero-order chi connectivity index (χ0) is 36.0. The molecule has 0 radical (unpaired) electrons. The van der Waals surface area contributed by atoms with Gasteiger partial charge in [0, 0.05) is 73.8 Å². The van der Waals surface area contributed by atoms with E-state index in [2.05, 4.69) is 51.3 Å². The molecule has 4 atom stereocenters. The molecule has 0 N–H and O–H groups in total. The first-order valence-corrected chi connectivity index (χ1v) is 17.7. The second kappa shape index (κ2) is 16.7. The van der Waals surface area contributed by atoms with Crippen LogP contribution in [0.3, 0.4) is 0 Å². The lowest BCUT2D eigenvalue weighted by Gasteiger charge is -2.53. The van der Waals surface area contributed by atoms with Crippen molar-refractivity contribution >= 4 is 23.5 Å². The molecule has 0 aliphatic carbocycles. The smallest absolute Gasteiger partial charge is 0.306 e. The molecule has 0 saturated carbocycles. The molecule has 0 aromatic carbocycles. The normalized spacial score (nSPS) is 23.6. The SMILES string of the molecule is CCC(=O)OC(COC(C)CCC(=O)OC(COC(C)C(C)C)CN1C(C)(C)CC(=O)CC1(C)C)CN1C(C)(C)CC(=O)CC1(C)C. The summed E-state index contributed by atoms with van der Waals surface area (Å²) in [6, 6.07) is 0. The van der Waals surface area contributed by atoms with Crippen molar-refractivity contribution in [2.45, 2.75) is 182 Å². The Morgan fingerprint density at radius 2 is 1.04 bits per heavy atom. The van der Waals surface area contributed by atoms with Crippen LogP contribution >= 0.6 is 0 Å². The lowest BCUT2D eigenvalue weighted by atomic mass is 9.79. The van der Waals surface area contributed by atoms with Crippen molar-refractivity contribution < 1.29 is 38.1 Å². The molecule has 272 valence electrons. The number of carbonyl (C=O) groups excluding carboxylic acids is 4. The Balaban J connectivity index is 2.04. The third kappa shape index (κ3) is 12.5. The van der Waals surface area contributed by atoms with Crippen molar-refractivity contribution in [3.63, 3.8) is 0 Å². The molecule has 47 heavy (non-hydrogen) atoms. The Bertz CT molecular complexity index is 1040. The molecule has 0 amide bonds. The van der Waals surface area contributed by atoms with E-state index in [-0.39, 0.29) is 83.9 Å². The molecular formula is C37H66N2O8. The van der Waals surface area contributed by atoms with Gasteiger partial charge in [-0.05, 0) is 81.6 Å². The number of hydrogen-bond acceptors (Lipinski definition) is 10. The van der Waals surface area contributed by atoms with E-state index < -0.39 is 12.2 Å². The van der Waals surface area contributed by atoms with Gasteiger partial charge in [-0.25, -0.2) is 0 Å². The van der Waals surface area contributed by atoms with Crippen LogP contribution in [0.1, 0.15) is 135 Å². The fourth-order valence-corrected chi connectivity index (χ4v) is 7.36. The Morgan fingerprint density at radius 3 is 1.43 bits per heavy atom. The molecule has 0 spiro atoms. The molecule has 0 aromatic rings. The van der Waals surface area contributed by atoms with E-state index in [0.29, 0.717) is 51.1 Å². The summed E-state index contributed by atoms with van der Waals surface area (Å²) in [7, 11) is 0. The van der Waals surface area contributed by atoms with E-state index in [0.717, 1.165) is 0 Å². The monoisotopic (exact) mass is 666 g/mol. The molecule has 4 unspecified atom stereocenters. The summed E-state index contributed by atoms with van der Waals surface area (Å²) in [5.41, 5.74) is -1.51. The molecule has 0 bridgehead atoms. The Morgan fingerprint density at radius 1 is 0.660 bits per heavy atom. The summed E-state index contributed by atoms with van der Waals surface area (Å²) in [4.78, 5) is 55.0. The van der Waals surface area contributed by atoms with Gasteiger partial charge < -0.3 is 18.9 Å². The average molecular weight is 667 g/mol. The van der Waals surface area contributed by atoms with Crippen LogP contribution in [0.15, 0.2) is 0 Å². The minimum atomic E-state index is -0.517. The number of ketones is 2. The van der Waals surface area contributed by atoms with Gasteiger partial charge in [0.2, 0.25) is 0 Å². The van der Waals surface area contributed by atoms with Crippen LogP contribution in [0.4, 0.5) is 0 Å². The third-order valence-electron chi connectivity index (χ3n) is 9.90. The molecule has 2 aliphatic rings. The van der Waals surface area contributed by atoms with Crippen LogP contribution in [0, 0.1) is 5.92 Å². The van der Waals surface area contributed by atoms with Crippen molar-refractivity contribution in [2.75, 3.05) is 26.3 Å². The Labute approximate surface area is 284 Å². The average Bonchev–Trinajstić information content (AvgIpc) is 2.90. The lowest BCUT2D eigenvalue weighted by Crippen LogP contribution is -2.63. The number of nitrogens with zero attached hydrogens (tertiary/aromatic N) is 2. The zero-order valence-corrected chi connectivity index (χ0v) is 31.8. The number of ether oxygens (including phenoxy) is 4. The highest BCUT2D eigenvalue weighted by Crippen LogP contribution is 2.38. The van der Waals surface area contributed by atoms with Crippen LogP contribution in [0.2, 0.25) is 0 Å². The van der Waals surface area contributed by atoms with Gasteiger partial charge in [0.15, 0.2) is 0 Å². The van der Waals surface area contributed by atoms with E-state index in [4.69, 9.17) is 18.9 Å². The fourth-order valence-electron chi connectivity index (χ4n) is 7.36. The van der Waals surface area contributed by atoms with Gasteiger partial charge in [-0.2, -0.15) is 0 Å². The first-order chi connectivity index (χ1) is 21.5. The number of likely N-dealkylation sites (tertiary alicyclic amines) is 2. The number of esters is 2. The molecule has 2 saturated heterocycles. The highest BCUT2D eigenvalue weighted by molar-refractivity contribution is 5.82. The van der Waals surface area contributed by atoms with Crippen molar-refractivity contribution in [1.82, 2.24) is 9.80 Å². The maximum atomic E-state index is 13.2. The maximum Gasteiger partial charge on any atom is 0.306 e. The predicted molar refractivity (Wildman–Crippen MR) is 183 cm³/mol. The van der Waals surface area contributed by atoms with Crippen LogP contribution in [0.5, 0.6) is 0 Å². The van der Waals surface area contributed by atoms with Crippen LogP contribution in [-0.4, -0.2) is 106 Å². The van der Waals surface area contributed by atoms with E-state index in [1.165, 1.54) is 0 Å². The van der Waals surface area contributed by atoms with Crippen molar-refractivity contribution in [3.8, 4) is 0 Å². The standard InChI is InChI=1S/C37H66N2O8/c1-14-32(42)46-30(21-38-34(6,7)17-28(40)18-35(38,8)9)23-44-26(4)15-16-33(43)47-31(24-45-27(5)25(2)3)22-39-36(10,11)19-29(41)20-37(39,12)13/h25-27,30-31H,14-24H2,1-13H3. The van der Waals surface area contributed by atoms with Crippen LogP contribution in [-0.2, 0) is 38.1 Å². The molecule has 10 nitrogen and oxygen atoms in total. The summed E-state index contributed by atoms with van der Waals surface area (Å²) in [6.45, 7) is 27.7. The highest BCUT2D eigenvalue weighted by atomic mass is 16.6. The highest BCUT2D eigenvalue weighted by Gasteiger charge is 2.47. The molecule has 0 aromatic heterocycles. The zero-order valence-electron chi connectivity index (χ0n) is 31.8. The van der Waals surface area contributed by atoms with Gasteiger partial charge in [0.25, 0.3) is 0 Å². The third-order valence-corrected chi connectivity index (χ3v) is 9.90. The second-order valence-electron chi connectivity index (χ2n) is 16.8. The van der Waals surface area contributed by atoms with Gasteiger partial charge in [-0.15, -0.1) is 0 Å². The van der Waals surface area contributed by atoms with Gasteiger partial charge in [-0.1, -0.05) is 20.8 Å². The van der Waals surface area contributed by atoms with E-state index in [9.17, 15) is 19.2 Å². The second-order valence-corrected chi connectivity index (χ2v) is 16.8. The molecule has 2 heterocycles. The Hall–Kier alpha value is -1.88. The number of hydrogen-bond donors (Lipinski definition) is 0. The van der Waals surface area contributed by atoms with Gasteiger partial charge in [0.05, 0.1) is 25.4 Å². The first-order valence-electron chi connectivity index (χ1n) is 17.7. The summed E-state index contributed by atoms with van der Waals surface area (Å²) in [5, 5.41) is 0. The first kappa shape index (κ1) is 41.3. The van der Waals surface area contributed by atoms with Gasteiger partial charge in [0.1, 0.15) is 23.8 Å². The van der Waals surface area contributed by atoms with Gasteiger partial charge >= 0.3 is 11.9 Å². The molecule has 10 heteroatoms. The quantitative estimate of drug-likeness (QED) is 0.174. The van der Waals surface area contributed by atoms with Crippen molar-refractivity contribution in [1.29, 1.82) is 0 Å². The number of rotatable bonds is 17. The number of carbonyl (C=O) groups is 4. The topological polar surface area (TPSA) is 112 Å². The maximum absolute atomic E-state index is 13.2. The van der Waals surface area contributed by atoms with Crippen molar-refractivity contribution in [2.24, 2.45) is 5.92 Å². The van der Waals surface area contributed by atoms with Crippen LogP contribution < -0.4 is 0 Å². The Kier molecular flexibility index (Phi) is 14.7. The number of piperidine rings is 2. The molecule has 2 aliphatic heterocycles. The van der Waals surface area contributed by atoms with E-state index >= 15 is 0 Å². The molecule has 2 rings (SSSR count).